The fraction of sp³-hybridized carbons (Fsp3) is 0.353. The third-order valence-electron chi connectivity index (χ3n) is 4.42. The maximum atomic E-state index is 15.1. The predicted molar refractivity (Wildman–Crippen MR) is 102 cm³/mol. The van der Waals surface area contributed by atoms with Crippen LogP contribution in [0.4, 0.5) is 10.3 Å². The second kappa shape index (κ2) is 7.46. The van der Waals surface area contributed by atoms with Crippen LogP contribution < -0.4 is 15.8 Å². The van der Waals surface area contributed by atoms with Gasteiger partial charge in [-0.15, -0.1) is 0 Å². The molecule has 11 heteroatoms. The van der Waals surface area contributed by atoms with Crippen molar-refractivity contribution in [3.05, 3.63) is 47.0 Å². The lowest BCUT2D eigenvalue weighted by atomic mass is 10.1. The summed E-state index contributed by atoms with van der Waals surface area (Å²) in [6.45, 7) is 1.57. The molecule has 2 aromatic heterocycles. The molecule has 3 aromatic rings. The smallest absolute Gasteiger partial charge is 0.280 e. The molecule has 1 unspecified atom stereocenters. The molecule has 0 aliphatic carbocycles. The molecule has 4 rings (SSSR count). The molecule has 0 amide bonds. The lowest BCUT2D eigenvalue weighted by Gasteiger charge is -2.21. The summed E-state index contributed by atoms with van der Waals surface area (Å²) in [5.74, 6) is -1.59. The number of H-pyrrole nitrogens is 1. The van der Waals surface area contributed by atoms with Gasteiger partial charge in [0.25, 0.3) is 5.56 Å². The fourth-order valence-corrected chi connectivity index (χ4v) is 3.78. The predicted octanol–water partition coefficient (Wildman–Crippen LogP) is 2.53. The number of nitrogen functional groups attached to an aromatic ring is 1. The first-order valence-electron chi connectivity index (χ1n) is 8.63. The number of nitrogens with two attached hydrogens (primary N) is 1. The minimum absolute atomic E-state index is 0.0426. The Kier molecular flexibility index (Phi) is 5.01. The maximum absolute atomic E-state index is 15.1. The van der Waals surface area contributed by atoms with Crippen LogP contribution in [0.2, 0.25) is 0 Å². The Hall–Kier alpha value is -2.55. The van der Waals surface area contributed by atoms with Crippen molar-refractivity contribution < 1.29 is 18.2 Å². The van der Waals surface area contributed by atoms with E-state index in [4.69, 9.17) is 19.5 Å². The normalized spacial score (nSPS) is 25.1. The summed E-state index contributed by atoms with van der Waals surface area (Å²) in [5.41, 5.74) is 5.52. The van der Waals surface area contributed by atoms with Crippen LogP contribution in [0.1, 0.15) is 19.6 Å². The van der Waals surface area contributed by atoms with E-state index in [1.54, 1.807) is 12.1 Å². The number of aromatic amines is 1. The van der Waals surface area contributed by atoms with Crippen LogP contribution in [0.25, 0.3) is 11.2 Å². The number of nitrogens with one attached hydrogen (secondary N) is 1. The van der Waals surface area contributed by atoms with E-state index in [2.05, 4.69) is 15.0 Å². The van der Waals surface area contributed by atoms with Gasteiger partial charge in [0.2, 0.25) is 20.8 Å². The molecular formula is C17H19FN5O4P. The minimum Gasteiger partial charge on any atom is -0.450 e. The third-order valence-corrected chi connectivity index (χ3v) is 5.00. The molecule has 1 aliphatic rings. The second-order valence-corrected chi connectivity index (χ2v) is 7.29. The first kappa shape index (κ1) is 18.8. The summed E-state index contributed by atoms with van der Waals surface area (Å²) in [6, 6.07) is 9.12. The fourth-order valence-electron chi connectivity index (χ4n) is 3.22. The number of hydrogen-bond donors (Lipinski definition) is 2. The van der Waals surface area contributed by atoms with Gasteiger partial charge in [0.15, 0.2) is 11.2 Å². The number of hydrogen-bond acceptors (Lipinski definition) is 7. The molecule has 4 atom stereocenters. The van der Waals surface area contributed by atoms with E-state index >= 15 is 4.39 Å². The first-order valence-corrected chi connectivity index (χ1v) is 9.44. The van der Waals surface area contributed by atoms with Crippen LogP contribution in [0.15, 0.2) is 41.5 Å². The number of fused-ring (bicyclic) bond motifs is 1. The topological polar surface area (TPSA) is 117 Å². The zero-order valence-electron chi connectivity index (χ0n) is 15.0. The zero-order valence-corrected chi connectivity index (χ0v) is 16.0. The van der Waals surface area contributed by atoms with Crippen LogP contribution in [-0.2, 0) is 9.26 Å². The van der Waals surface area contributed by atoms with Crippen LogP contribution in [0, 0.1) is 5.92 Å². The molecule has 9 nitrogen and oxygen atoms in total. The average Bonchev–Trinajstić information content (AvgIpc) is 3.20. The Bertz CT molecular complexity index is 1030. The summed E-state index contributed by atoms with van der Waals surface area (Å²) < 4.78 is 33.1. The molecule has 3 heterocycles. The molecule has 148 valence electrons. The van der Waals surface area contributed by atoms with E-state index in [9.17, 15) is 4.79 Å². The highest BCUT2D eigenvalue weighted by atomic mass is 31.1. The number of imidazole rings is 1. The summed E-state index contributed by atoms with van der Waals surface area (Å²) in [4.78, 5) is 22.5. The average molecular weight is 407 g/mol. The lowest BCUT2D eigenvalue weighted by Crippen LogP contribution is -2.28. The Labute approximate surface area is 161 Å². The van der Waals surface area contributed by atoms with Crippen molar-refractivity contribution >= 4 is 26.1 Å². The number of alkyl halides is 1. The Morgan fingerprint density at radius 3 is 3.04 bits per heavy atom. The number of aromatic nitrogens is 4. The molecule has 0 radical (unpaired) electrons. The van der Waals surface area contributed by atoms with Gasteiger partial charge in [-0.25, -0.2) is 9.37 Å². The van der Waals surface area contributed by atoms with Gasteiger partial charge in [-0.1, -0.05) is 25.1 Å². The molecular weight excluding hydrogens is 388 g/mol. The minimum atomic E-state index is -1.99. The van der Waals surface area contributed by atoms with Crippen LogP contribution in [0.5, 0.6) is 5.75 Å². The Morgan fingerprint density at radius 2 is 2.25 bits per heavy atom. The number of para-hydroxylation sites is 1. The van der Waals surface area contributed by atoms with Crippen molar-refractivity contribution in [2.75, 3.05) is 12.3 Å². The SMILES string of the molecule is C[C@H]1C[C@@](F)(COPOc2ccccc2)O[C@H]1n1cnc2c(=O)[nH]c(N)nc21. The number of benzene rings is 1. The Morgan fingerprint density at radius 1 is 1.46 bits per heavy atom. The van der Waals surface area contributed by atoms with Gasteiger partial charge in [0.05, 0.1) is 6.33 Å². The van der Waals surface area contributed by atoms with Crippen LogP contribution in [-0.4, -0.2) is 32.0 Å². The van der Waals surface area contributed by atoms with Crippen molar-refractivity contribution in [1.82, 2.24) is 19.5 Å². The van der Waals surface area contributed by atoms with E-state index < -0.39 is 17.6 Å². The highest BCUT2D eigenvalue weighted by molar-refractivity contribution is 7.26. The summed E-state index contributed by atoms with van der Waals surface area (Å²) in [5, 5.41) is 0. The standard InChI is InChI=1S/C17H19FN5O4P/c1-10-7-17(18,8-25-28-27-11-5-3-2-4-6-11)26-15(10)23-9-20-12-13(23)21-16(19)22-14(12)24/h2-6,9-10,15,28H,7-8H2,1H3,(H3,19,21,22,24)/t10-,15+,17-/m0/s1. The van der Waals surface area contributed by atoms with E-state index in [1.807, 2.05) is 25.1 Å². The summed E-state index contributed by atoms with van der Waals surface area (Å²) in [6.07, 6.45) is 0.831. The zero-order chi connectivity index (χ0) is 19.7. The number of ether oxygens (including phenoxy) is 1. The number of rotatable bonds is 6. The van der Waals surface area contributed by atoms with Gasteiger partial charge in [0, 0.05) is 12.3 Å². The van der Waals surface area contributed by atoms with E-state index in [0.717, 1.165) is 0 Å². The molecule has 28 heavy (non-hydrogen) atoms. The van der Waals surface area contributed by atoms with Crippen molar-refractivity contribution in [1.29, 1.82) is 0 Å². The van der Waals surface area contributed by atoms with Gasteiger partial charge in [-0.05, 0) is 12.1 Å². The van der Waals surface area contributed by atoms with Gasteiger partial charge in [0.1, 0.15) is 18.6 Å². The molecule has 1 fully saturated rings. The molecule has 0 spiro atoms. The van der Waals surface area contributed by atoms with Crippen molar-refractivity contribution in [3.63, 3.8) is 0 Å². The molecule has 3 N–H and O–H groups in total. The van der Waals surface area contributed by atoms with Crippen molar-refractivity contribution in [2.24, 2.45) is 5.92 Å². The highest BCUT2D eigenvalue weighted by Gasteiger charge is 2.47. The Balaban J connectivity index is 1.43. The number of halogens is 1. The molecule has 0 bridgehead atoms. The van der Waals surface area contributed by atoms with E-state index in [-0.39, 0.29) is 45.1 Å². The number of nitrogens with zero attached hydrogens (tertiary/aromatic N) is 3. The van der Waals surface area contributed by atoms with Crippen LogP contribution >= 0.6 is 9.03 Å². The monoisotopic (exact) mass is 407 g/mol. The molecule has 1 aromatic carbocycles. The second-order valence-electron chi connectivity index (χ2n) is 6.64. The van der Waals surface area contributed by atoms with E-state index in [1.165, 1.54) is 10.9 Å². The third kappa shape index (κ3) is 3.71. The quantitative estimate of drug-likeness (QED) is 0.476. The van der Waals surface area contributed by atoms with Gasteiger partial charge < -0.3 is 19.5 Å². The van der Waals surface area contributed by atoms with Gasteiger partial charge in [-0.3, -0.25) is 14.3 Å². The largest absolute Gasteiger partial charge is 0.450 e. The maximum Gasteiger partial charge on any atom is 0.280 e. The van der Waals surface area contributed by atoms with Gasteiger partial charge >= 0.3 is 0 Å². The van der Waals surface area contributed by atoms with Crippen molar-refractivity contribution in [3.8, 4) is 5.75 Å². The summed E-state index contributed by atoms with van der Waals surface area (Å²) >= 11 is 0. The van der Waals surface area contributed by atoms with Gasteiger partial charge in [-0.2, -0.15) is 4.98 Å². The molecule has 1 aliphatic heterocycles. The highest BCUT2D eigenvalue weighted by Crippen LogP contribution is 2.43. The summed E-state index contributed by atoms with van der Waals surface area (Å²) in [7, 11) is -0.358. The van der Waals surface area contributed by atoms with Crippen LogP contribution in [0.3, 0.4) is 0 Å². The van der Waals surface area contributed by atoms with E-state index in [0.29, 0.717) is 5.75 Å². The van der Waals surface area contributed by atoms with Crippen molar-refractivity contribution in [2.45, 2.75) is 25.4 Å². The molecule has 0 saturated carbocycles. The molecule has 1 saturated heterocycles. The first-order chi connectivity index (χ1) is 13.5. The number of anilines is 1. The lowest BCUT2D eigenvalue weighted by molar-refractivity contribution is -0.171.